The van der Waals surface area contributed by atoms with Crippen LogP contribution in [0, 0.1) is 23.5 Å². The molecule has 0 amide bonds. The first-order chi connectivity index (χ1) is 12.6. The molecular formula is C22H30F2O2. The minimum atomic E-state index is -0.863. The maximum Gasteiger partial charge on any atom is 0.204 e. The molecule has 2 heterocycles. The molecule has 144 valence electrons. The number of hydrogen-bond acceptors (Lipinski definition) is 2. The van der Waals surface area contributed by atoms with Gasteiger partial charge in [-0.3, -0.25) is 0 Å². The van der Waals surface area contributed by atoms with Crippen molar-refractivity contribution in [2.45, 2.75) is 90.3 Å². The fraction of sp³-hybridized carbons (Fsp3) is 0.727. The highest BCUT2D eigenvalue weighted by molar-refractivity contribution is 5.52. The van der Waals surface area contributed by atoms with E-state index >= 15 is 0 Å². The maximum absolute atomic E-state index is 14.7. The van der Waals surface area contributed by atoms with Crippen molar-refractivity contribution >= 4 is 0 Å². The Hall–Kier alpha value is -1.32. The van der Waals surface area contributed by atoms with Crippen LogP contribution in [0.15, 0.2) is 0 Å². The van der Waals surface area contributed by atoms with Gasteiger partial charge in [-0.2, -0.15) is 8.78 Å². The van der Waals surface area contributed by atoms with Gasteiger partial charge < -0.3 is 9.47 Å². The van der Waals surface area contributed by atoms with Crippen LogP contribution in [0.1, 0.15) is 76.3 Å². The van der Waals surface area contributed by atoms with Crippen molar-refractivity contribution in [3.8, 4) is 11.5 Å². The van der Waals surface area contributed by atoms with Crippen molar-refractivity contribution in [1.82, 2.24) is 0 Å². The van der Waals surface area contributed by atoms with Crippen LogP contribution in [0.4, 0.5) is 8.78 Å². The van der Waals surface area contributed by atoms with Gasteiger partial charge in [0.05, 0.1) is 6.10 Å². The molecule has 2 atom stereocenters. The Kier molecular flexibility index (Phi) is 5.11. The Labute approximate surface area is 155 Å². The van der Waals surface area contributed by atoms with Crippen molar-refractivity contribution < 1.29 is 18.3 Å². The summed E-state index contributed by atoms with van der Waals surface area (Å²) in [7, 11) is 0. The molecule has 0 N–H and O–H groups in total. The number of rotatable bonds is 3. The summed E-state index contributed by atoms with van der Waals surface area (Å²) in [4.78, 5) is 0. The molecule has 0 spiro atoms. The summed E-state index contributed by atoms with van der Waals surface area (Å²) >= 11 is 0. The van der Waals surface area contributed by atoms with E-state index in [1.165, 1.54) is 25.7 Å². The Bertz CT molecular complexity index is 665. The molecule has 1 aromatic carbocycles. The Morgan fingerprint density at radius 2 is 1.46 bits per heavy atom. The standard InChI is InChI=1S/C22H30F2O2/c1-3-4-14-6-8-15(9-7-14)18-12-11-17-16-10-5-13(2)25-21(16)19(23)20(24)22(17)26-18/h13-15,18H,3-12H2,1-2H3. The fourth-order valence-electron chi connectivity index (χ4n) is 5.21. The lowest BCUT2D eigenvalue weighted by Gasteiger charge is -2.38. The quantitative estimate of drug-likeness (QED) is 0.657. The highest BCUT2D eigenvalue weighted by Gasteiger charge is 2.37. The van der Waals surface area contributed by atoms with Gasteiger partial charge >= 0.3 is 0 Å². The number of benzene rings is 1. The molecular weight excluding hydrogens is 334 g/mol. The lowest BCUT2D eigenvalue weighted by Crippen LogP contribution is -2.35. The van der Waals surface area contributed by atoms with E-state index in [2.05, 4.69) is 6.92 Å². The minimum Gasteiger partial charge on any atom is -0.487 e. The average molecular weight is 364 g/mol. The average Bonchev–Trinajstić information content (AvgIpc) is 2.66. The summed E-state index contributed by atoms with van der Waals surface area (Å²) in [5.41, 5.74) is 1.68. The lowest BCUT2D eigenvalue weighted by atomic mass is 9.76. The molecule has 4 rings (SSSR count). The predicted octanol–water partition coefficient (Wildman–Crippen LogP) is 5.98. The molecule has 3 aliphatic rings. The van der Waals surface area contributed by atoms with E-state index in [1.807, 2.05) is 6.92 Å². The van der Waals surface area contributed by atoms with Gasteiger partial charge in [0, 0.05) is 11.1 Å². The summed E-state index contributed by atoms with van der Waals surface area (Å²) in [6, 6.07) is 0. The summed E-state index contributed by atoms with van der Waals surface area (Å²) in [6.45, 7) is 4.15. The highest BCUT2D eigenvalue weighted by atomic mass is 19.2. The van der Waals surface area contributed by atoms with E-state index in [0.717, 1.165) is 55.6 Å². The van der Waals surface area contributed by atoms with Crippen LogP contribution in [-0.4, -0.2) is 12.2 Å². The van der Waals surface area contributed by atoms with E-state index in [-0.39, 0.29) is 23.7 Å². The van der Waals surface area contributed by atoms with Gasteiger partial charge in [0.1, 0.15) is 6.10 Å². The lowest BCUT2D eigenvalue weighted by molar-refractivity contribution is 0.0693. The first-order valence-corrected chi connectivity index (χ1v) is 10.4. The van der Waals surface area contributed by atoms with Crippen LogP contribution in [0.5, 0.6) is 11.5 Å². The molecule has 0 bridgehead atoms. The SMILES string of the molecule is CCCC1CCC(C2CCc3c4c(c(F)c(F)c3O2)OC(C)CC4)CC1. The molecule has 1 fully saturated rings. The third kappa shape index (κ3) is 3.20. The fourth-order valence-corrected chi connectivity index (χ4v) is 5.21. The first-order valence-electron chi connectivity index (χ1n) is 10.4. The predicted molar refractivity (Wildman–Crippen MR) is 97.9 cm³/mol. The molecule has 1 aromatic rings. The van der Waals surface area contributed by atoms with E-state index in [0.29, 0.717) is 5.92 Å². The van der Waals surface area contributed by atoms with Gasteiger partial charge in [0.2, 0.25) is 11.6 Å². The largest absolute Gasteiger partial charge is 0.487 e. The van der Waals surface area contributed by atoms with Gasteiger partial charge in [-0.15, -0.1) is 0 Å². The van der Waals surface area contributed by atoms with Crippen LogP contribution in [0.2, 0.25) is 0 Å². The third-order valence-corrected chi connectivity index (χ3v) is 6.69. The summed E-state index contributed by atoms with van der Waals surface area (Å²) in [5.74, 6) is -0.0956. The Morgan fingerprint density at radius 1 is 0.846 bits per heavy atom. The Morgan fingerprint density at radius 3 is 2.12 bits per heavy atom. The smallest absolute Gasteiger partial charge is 0.204 e. The molecule has 0 saturated heterocycles. The topological polar surface area (TPSA) is 18.5 Å². The second-order valence-electron chi connectivity index (χ2n) is 8.47. The second kappa shape index (κ2) is 7.36. The zero-order valence-electron chi connectivity index (χ0n) is 16.0. The van der Waals surface area contributed by atoms with Crippen molar-refractivity contribution in [3.05, 3.63) is 22.8 Å². The maximum atomic E-state index is 14.7. The zero-order valence-corrected chi connectivity index (χ0v) is 16.0. The summed E-state index contributed by atoms with van der Waals surface area (Å²) < 4.78 is 41.0. The molecule has 2 nitrogen and oxygen atoms in total. The van der Waals surface area contributed by atoms with Gasteiger partial charge in [0.15, 0.2) is 11.5 Å². The van der Waals surface area contributed by atoms with Crippen LogP contribution in [0.3, 0.4) is 0 Å². The number of halogens is 2. The third-order valence-electron chi connectivity index (χ3n) is 6.69. The second-order valence-corrected chi connectivity index (χ2v) is 8.47. The molecule has 2 aliphatic heterocycles. The summed E-state index contributed by atoms with van der Waals surface area (Å²) in [5, 5.41) is 0. The van der Waals surface area contributed by atoms with Crippen LogP contribution >= 0.6 is 0 Å². The van der Waals surface area contributed by atoms with E-state index < -0.39 is 11.6 Å². The molecule has 0 radical (unpaired) electrons. The van der Waals surface area contributed by atoms with E-state index in [9.17, 15) is 8.78 Å². The van der Waals surface area contributed by atoms with E-state index in [4.69, 9.17) is 9.47 Å². The minimum absolute atomic E-state index is 0.0282. The van der Waals surface area contributed by atoms with Gasteiger partial charge in [-0.1, -0.05) is 32.6 Å². The normalized spacial score (nSPS) is 30.8. The van der Waals surface area contributed by atoms with Gasteiger partial charge in [0.25, 0.3) is 0 Å². The van der Waals surface area contributed by atoms with Crippen molar-refractivity contribution in [3.63, 3.8) is 0 Å². The molecule has 2 unspecified atom stereocenters. The Balaban J connectivity index is 1.53. The van der Waals surface area contributed by atoms with Crippen molar-refractivity contribution in [2.75, 3.05) is 0 Å². The molecule has 1 saturated carbocycles. The number of fused-ring (bicyclic) bond motifs is 3. The van der Waals surface area contributed by atoms with Crippen molar-refractivity contribution in [2.24, 2.45) is 11.8 Å². The highest BCUT2D eigenvalue weighted by Crippen LogP contribution is 2.45. The van der Waals surface area contributed by atoms with Gasteiger partial charge in [-0.05, 0) is 57.3 Å². The number of ether oxygens (including phenoxy) is 2. The summed E-state index contributed by atoms with van der Waals surface area (Å²) in [6.07, 6.45) is 10.6. The molecule has 26 heavy (non-hydrogen) atoms. The first kappa shape index (κ1) is 18.1. The monoisotopic (exact) mass is 364 g/mol. The van der Waals surface area contributed by atoms with Crippen LogP contribution < -0.4 is 9.47 Å². The van der Waals surface area contributed by atoms with E-state index in [1.54, 1.807) is 0 Å². The molecule has 1 aliphatic carbocycles. The van der Waals surface area contributed by atoms with Crippen LogP contribution in [0.25, 0.3) is 0 Å². The van der Waals surface area contributed by atoms with Gasteiger partial charge in [-0.25, -0.2) is 0 Å². The number of hydrogen-bond donors (Lipinski definition) is 0. The molecule has 4 heteroatoms. The zero-order chi connectivity index (χ0) is 18.3. The molecule has 0 aromatic heterocycles. The van der Waals surface area contributed by atoms with Crippen molar-refractivity contribution in [1.29, 1.82) is 0 Å². The van der Waals surface area contributed by atoms with Crippen LogP contribution in [-0.2, 0) is 12.8 Å².